The lowest BCUT2D eigenvalue weighted by molar-refractivity contribution is -0.114. The molecule has 6 rings (SSSR count). The average molecular weight is 485 g/mol. The van der Waals surface area contributed by atoms with Crippen molar-refractivity contribution in [3.63, 3.8) is 0 Å². The van der Waals surface area contributed by atoms with Gasteiger partial charge >= 0.3 is 0 Å². The van der Waals surface area contributed by atoms with Crippen LogP contribution >= 0.6 is 0 Å². The zero-order valence-corrected chi connectivity index (χ0v) is 18.8. The minimum absolute atomic E-state index is 0.0587. The molecule has 1 unspecified atom stereocenters. The van der Waals surface area contributed by atoms with Gasteiger partial charge in [0.1, 0.15) is 11.5 Å². The summed E-state index contributed by atoms with van der Waals surface area (Å²) in [6, 6.07) is 8.19. The van der Waals surface area contributed by atoms with Crippen LogP contribution in [0.2, 0.25) is 0 Å². The molecule has 1 N–H and O–H groups in total. The van der Waals surface area contributed by atoms with E-state index in [-0.39, 0.29) is 25.2 Å². The second-order valence-corrected chi connectivity index (χ2v) is 9.63. The highest BCUT2D eigenvalue weighted by molar-refractivity contribution is 5.67. The highest BCUT2D eigenvalue weighted by atomic mass is 19.3. The van der Waals surface area contributed by atoms with E-state index < -0.39 is 17.9 Å². The molecular formula is C25H24F4N6. The summed E-state index contributed by atoms with van der Waals surface area (Å²) in [7, 11) is 0. The van der Waals surface area contributed by atoms with E-state index in [9.17, 15) is 17.6 Å². The van der Waals surface area contributed by atoms with E-state index in [4.69, 9.17) is 0 Å². The Balaban J connectivity index is 1.25. The quantitative estimate of drug-likeness (QED) is 0.346. The van der Waals surface area contributed by atoms with Crippen molar-refractivity contribution >= 4 is 11.5 Å². The van der Waals surface area contributed by atoms with E-state index in [0.717, 1.165) is 22.5 Å². The van der Waals surface area contributed by atoms with Crippen LogP contribution < -0.4 is 5.32 Å². The van der Waals surface area contributed by atoms with Crippen molar-refractivity contribution in [3.05, 3.63) is 55.1 Å². The Kier molecular flexibility index (Phi) is 5.08. The number of halogens is 4. The van der Waals surface area contributed by atoms with Crippen molar-refractivity contribution in [3.8, 4) is 22.5 Å². The number of hydrogen-bond acceptors (Lipinski definition) is 4. The lowest BCUT2D eigenvalue weighted by Crippen LogP contribution is -2.37. The summed E-state index contributed by atoms with van der Waals surface area (Å²) in [5.74, 6) is -4.93. The number of aromatic nitrogens is 5. The Morgan fingerprint density at radius 3 is 2.63 bits per heavy atom. The SMILES string of the molecule is FC1(F)CC(Cn2cc(-c3ccc4ncc(-c5cccc(NC6CCCC6(F)F)n5)n4c3)cn2)C1. The fraction of sp³-hybridized carbons (Fsp3) is 0.400. The van der Waals surface area contributed by atoms with Gasteiger partial charge in [0.05, 0.1) is 29.8 Å². The Hall–Kier alpha value is -3.43. The molecule has 4 aromatic heterocycles. The molecule has 0 radical (unpaired) electrons. The van der Waals surface area contributed by atoms with Crippen molar-refractivity contribution in [1.82, 2.24) is 24.1 Å². The third-order valence-electron chi connectivity index (χ3n) is 6.94. The van der Waals surface area contributed by atoms with Crippen molar-refractivity contribution in [2.24, 2.45) is 5.92 Å². The summed E-state index contributed by atoms with van der Waals surface area (Å²) in [5, 5.41) is 7.25. The zero-order valence-electron chi connectivity index (χ0n) is 18.8. The predicted octanol–water partition coefficient (Wildman–Crippen LogP) is 5.90. The van der Waals surface area contributed by atoms with Gasteiger partial charge in [0.15, 0.2) is 0 Å². The smallest absolute Gasteiger partial charge is 0.267 e. The first-order valence-corrected chi connectivity index (χ1v) is 11.8. The van der Waals surface area contributed by atoms with Crippen LogP contribution in [0.5, 0.6) is 0 Å². The molecule has 2 aliphatic rings. The molecule has 10 heteroatoms. The van der Waals surface area contributed by atoms with E-state index >= 15 is 0 Å². The van der Waals surface area contributed by atoms with E-state index in [1.165, 1.54) is 0 Å². The van der Waals surface area contributed by atoms with Crippen LogP contribution in [0.3, 0.4) is 0 Å². The van der Waals surface area contributed by atoms with Gasteiger partial charge < -0.3 is 5.32 Å². The number of anilines is 1. The van der Waals surface area contributed by atoms with Crippen molar-refractivity contribution in [2.75, 3.05) is 5.32 Å². The first-order valence-electron chi connectivity index (χ1n) is 11.8. The third-order valence-corrected chi connectivity index (χ3v) is 6.94. The minimum atomic E-state index is -2.74. The number of nitrogens with one attached hydrogen (secondary N) is 1. The van der Waals surface area contributed by atoms with Crippen LogP contribution in [0.4, 0.5) is 23.4 Å². The van der Waals surface area contributed by atoms with Crippen molar-refractivity contribution in [1.29, 1.82) is 0 Å². The molecule has 0 amide bonds. The Morgan fingerprint density at radius 2 is 1.86 bits per heavy atom. The largest absolute Gasteiger partial charge is 0.361 e. The standard InChI is InChI=1S/C25H24F4N6/c26-24(27)9-16(10-24)13-34-14-18(11-31-34)17-6-7-23-30-12-20(35(23)15-17)19-3-1-5-22(32-19)33-21-4-2-8-25(21,28)29/h1,3,5-7,11-12,14-16,21H,2,4,8-10,13H2,(H,32,33). The average Bonchev–Trinajstić information content (AvgIpc) is 3.51. The molecule has 0 bridgehead atoms. The van der Waals surface area contributed by atoms with Crippen LogP contribution in [0, 0.1) is 5.92 Å². The second-order valence-electron chi connectivity index (χ2n) is 9.63. The molecule has 2 saturated carbocycles. The van der Waals surface area contributed by atoms with Crippen molar-refractivity contribution in [2.45, 2.75) is 56.5 Å². The highest BCUT2D eigenvalue weighted by Gasteiger charge is 2.45. The maximum absolute atomic E-state index is 14.1. The van der Waals surface area contributed by atoms with E-state index in [1.807, 2.05) is 35.0 Å². The Bertz CT molecular complexity index is 1370. The molecule has 4 heterocycles. The van der Waals surface area contributed by atoms with Gasteiger partial charge in [-0.2, -0.15) is 5.10 Å². The monoisotopic (exact) mass is 484 g/mol. The van der Waals surface area contributed by atoms with Gasteiger partial charge in [-0.05, 0) is 43.0 Å². The maximum Gasteiger partial charge on any atom is 0.267 e. The summed E-state index contributed by atoms with van der Waals surface area (Å²) in [6.45, 7) is 0.470. The summed E-state index contributed by atoms with van der Waals surface area (Å²) >= 11 is 0. The van der Waals surface area contributed by atoms with E-state index in [1.54, 1.807) is 29.2 Å². The Labute approximate surface area is 199 Å². The van der Waals surface area contributed by atoms with Crippen LogP contribution in [0.1, 0.15) is 32.1 Å². The molecule has 1 atom stereocenters. The summed E-state index contributed by atoms with van der Waals surface area (Å²) in [5.41, 5.74) is 3.82. The number of alkyl halides is 4. The minimum Gasteiger partial charge on any atom is -0.361 e. The van der Waals surface area contributed by atoms with Crippen molar-refractivity contribution < 1.29 is 17.6 Å². The molecule has 182 valence electrons. The first kappa shape index (κ1) is 22.1. The summed E-state index contributed by atoms with van der Waals surface area (Å²) < 4.78 is 58.0. The normalized spacial score (nSPS) is 21.3. The molecule has 6 nitrogen and oxygen atoms in total. The molecule has 0 aliphatic heterocycles. The van der Waals surface area contributed by atoms with Crippen LogP contribution in [-0.2, 0) is 6.54 Å². The first-order chi connectivity index (χ1) is 16.8. The number of rotatable bonds is 6. The van der Waals surface area contributed by atoms with Crippen LogP contribution in [0.15, 0.2) is 55.1 Å². The second kappa shape index (κ2) is 8.07. The van der Waals surface area contributed by atoms with E-state index in [0.29, 0.717) is 30.9 Å². The summed E-state index contributed by atoms with van der Waals surface area (Å²) in [4.78, 5) is 9.03. The van der Waals surface area contributed by atoms with E-state index in [2.05, 4.69) is 20.4 Å². The van der Waals surface area contributed by atoms with Gasteiger partial charge in [0, 0.05) is 49.3 Å². The van der Waals surface area contributed by atoms with Gasteiger partial charge in [-0.3, -0.25) is 9.08 Å². The fourth-order valence-electron chi connectivity index (χ4n) is 5.07. The number of hydrogen-bond donors (Lipinski definition) is 1. The van der Waals surface area contributed by atoms with Gasteiger partial charge in [-0.15, -0.1) is 0 Å². The topological polar surface area (TPSA) is 60.0 Å². The number of fused-ring (bicyclic) bond motifs is 1. The molecule has 0 aromatic carbocycles. The molecule has 2 aliphatic carbocycles. The Morgan fingerprint density at radius 1 is 1.00 bits per heavy atom. The lowest BCUT2D eigenvalue weighted by atomic mass is 9.81. The molecule has 35 heavy (non-hydrogen) atoms. The molecule has 4 aromatic rings. The maximum atomic E-state index is 14.1. The molecule has 2 fully saturated rings. The summed E-state index contributed by atoms with van der Waals surface area (Å²) in [6.07, 6.45) is 7.82. The zero-order chi connectivity index (χ0) is 24.2. The third kappa shape index (κ3) is 4.26. The molecule has 0 saturated heterocycles. The van der Waals surface area contributed by atoms with Gasteiger partial charge in [-0.25, -0.2) is 27.5 Å². The highest BCUT2D eigenvalue weighted by Crippen LogP contribution is 2.43. The predicted molar refractivity (Wildman–Crippen MR) is 124 cm³/mol. The molecular weight excluding hydrogens is 460 g/mol. The number of pyridine rings is 2. The van der Waals surface area contributed by atoms with Crippen LogP contribution in [0.25, 0.3) is 28.2 Å². The van der Waals surface area contributed by atoms with Gasteiger partial charge in [0.2, 0.25) is 5.92 Å². The lowest BCUT2D eigenvalue weighted by Gasteiger charge is -2.34. The molecule has 0 spiro atoms. The number of nitrogens with zero attached hydrogens (tertiary/aromatic N) is 5. The van der Waals surface area contributed by atoms with Gasteiger partial charge in [0.25, 0.3) is 5.92 Å². The fourth-order valence-corrected chi connectivity index (χ4v) is 5.07. The number of imidazole rings is 1. The van der Waals surface area contributed by atoms with Crippen LogP contribution in [-0.4, -0.2) is 42.0 Å². The van der Waals surface area contributed by atoms with Gasteiger partial charge in [-0.1, -0.05) is 6.07 Å².